The molecule has 0 spiro atoms. The van der Waals surface area contributed by atoms with E-state index in [2.05, 4.69) is 5.11 Å². The van der Waals surface area contributed by atoms with Crippen LogP contribution in [0.1, 0.15) is 15.9 Å². The largest absolute Gasteiger partial charge is 0.298 e. The minimum Gasteiger partial charge on any atom is -0.298 e. The second kappa shape index (κ2) is 3.52. The van der Waals surface area contributed by atoms with Crippen LogP contribution >= 0.6 is 0 Å². The van der Waals surface area contributed by atoms with E-state index < -0.39 is 0 Å². The highest BCUT2D eigenvalue weighted by molar-refractivity contribution is 6.02. The number of hydrogen-bond acceptors (Lipinski definition) is 3. The fraction of sp³-hybridized carbons (Fsp3) is 0. The van der Waals surface area contributed by atoms with E-state index in [9.17, 15) is 4.79 Å². The SMILES string of the molecule is N=NC(=N)c1ccccc1C=O. The lowest BCUT2D eigenvalue weighted by Gasteiger charge is -1.98. The third-order valence-electron chi connectivity index (χ3n) is 1.45. The third-order valence-corrected chi connectivity index (χ3v) is 1.45. The molecular formula is C8H7N3O. The Kier molecular flexibility index (Phi) is 2.42. The number of carbonyl (C=O) groups excluding carboxylic acids is 1. The van der Waals surface area contributed by atoms with Crippen LogP contribution in [0.3, 0.4) is 0 Å². The summed E-state index contributed by atoms with van der Waals surface area (Å²) in [7, 11) is 0. The zero-order chi connectivity index (χ0) is 8.97. The fourth-order valence-corrected chi connectivity index (χ4v) is 0.876. The van der Waals surface area contributed by atoms with Crippen molar-refractivity contribution in [3.05, 3.63) is 35.4 Å². The molecule has 60 valence electrons. The lowest BCUT2D eigenvalue weighted by molar-refractivity contribution is 0.112. The maximum atomic E-state index is 10.4. The highest BCUT2D eigenvalue weighted by Crippen LogP contribution is 2.06. The standard InChI is InChI=1S/C8H7N3O/c9-8(11-10)7-4-2-1-3-6(7)5-12/h1-5,9-10H. The van der Waals surface area contributed by atoms with Gasteiger partial charge in [0.15, 0.2) is 12.1 Å². The van der Waals surface area contributed by atoms with Crippen LogP contribution < -0.4 is 0 Å². The van der Waals surface area contributed by atoms with E-state index in [1.807, 2.05) is 0 Å². The first-order valence-corrected chi connectivity index (χ1v) is 3.30. The van der Waals surface area contributed by atoms with Gasteiger partial charge in [0.05, 0.1) is 0 Å². The van der Waals surface area contributed by atoms with E-state index in [0.717, 1.165) is 0 Å². The Morgan fingerprint density at radius 3 is 2.67 bits per heavy atom. The Hall–Kier alpha value is -1.84. The summed E-state index contributed by atoms with van der Waals surface area (Å²) in [4.78, 5) is 10.4. The van der Waals surface area contributed by atoms with Gasteiger partial charge in [-0.1, -0.05) is 24.3 Å². The Balaban J connectivity index is 3.21. The topological polar surface area (TPSA) is 77.1 Å². The van der Waals surface area contributed by atoms with E-state index in [1.165, 1.54) is 0 Å². The average molecular weight is 161 g/mol. The van der Waals surface area contributed by atoms with Crippen molar-refractivity contribution in [3.8, 4) is 0 Å². The van der Waals surface area contributed by atoms with E-state index in [-0.39, 0.29) is 5.84 Å². The number of nitrogens with one attached hydrogen (secondary N) is 2. The number of nitrogens with zero attached hydrogens (tertiary/aromatic N) is 1. The molecule has 0 aromatic heterocycles. The van der Waals surface area contributed by atoms with E-state index in [4.69, 9.17) is 10.9 Å². The Bertz CT molecular complexity index is 333. The maximum Gasteiger partial charge on any atom is 0.174 e. The molecule has 0 unspecified atom stereocenters. The minimum atomic E-state index is -0.197. The van der Waals surface area contributed by atoms with E-state index >= 15 is 0 Å². The van der Waals surface area contributed by atoms with Gasteiger partial charge < -0.3 is 0 Å². The maximum absolute atomic E-state index is 10.4. The first-order chi connectivity index (χ1) is 5.79. The Labute approximate surface area is 69.2 Å². The quantitative estimate of drug-likeness (QED) is 0.295. The molecule has 1 aromatic rings. The van der Waals surface area contributed by atoms with Gasteiger partial charge in [-0.05, 0) is 0 Å². The second-order valence-corrected chi connectivity index (χ2v) is 2.17. The lowest BCUT2D eigenvalue weighted by Crippen LogP contribution is -1.98. The minimum absolute atomic E-state index is 0.197. The van der Waals surface area contributed by atoms with Crippen LogP contribution in [0.4, 0.5) is 0 Å². The predicted molar refractivity (Wildman–Crippen MR) is 43.8 cm³/mol. The molecule has 0 aliphatic heterocycles. The molecule has 0 aliphatic rings. The molecule has 0 bridgehead atoms. The van der Waals surface area contributed by atoms with Crippen molar-refractivity contribution in [2.75, 3.05) is 0 Å². The van der Waals surface area contributed by atoms with Gasteiger partial charge in [-0.25, -0.2) is 5.53 Å². The molecule has 2 N–H and O–H groups in total. The molecule has 0 saturated carbocycles. The highest BCUT2D eigenvalue weighted by Gasteiger charge is 2.04. The molecule has 0 saturated heterocycles. The number of benzene rings is 1. The third kappa shape index (κ3) is 1.42. The molecule has 4 nitrogen and oxygen atoms in total. The zero-order valence-corrected chi connectivity index (χ0v) is 6.24. The van der Waals surface area contributed by atoms with Gasteiger partial charge in [0.2, 0.25) is 0 Å². The molecule has 4 heteroatoms. The van der Waals surface area contributed by atoms with Crippen LogP contribution in [0.25, 0.3) is 0 Å². The van der Waals surface area contributed by atoms with Crippen molar-refractivity contribution < 1.29 is 4.79 Å². The van der Waals surface area contributed by atoms with E-state index in [1.54, 1.807) is 24.3 Å². The molecular weight excluding hydrogens is 154 g/mol. The number of amidine groups is 1. The van der Waals surface area contributed by atoms with Crippen molar-refractivity contribution in [1.29, 1.82) is 10.9 Å². The number of rotatable bonds is 2. The number of hydrogen-bond donors (Lipinski definition) is 2. The molecule has 1 rings (SSSR count). The fourth-order valence-electron chi connectivity index (χ4n) is 0.876. The molecule has 12 heavy (non-hydrogen) atoms. The monoisotopic (exact) mass is 161 g/mol. The predicted octanol–water partition coefficient (Wildman–Crippen LogP) is 1.86. The summed E-state index contributed by atoms with van der Waals surface area (Å²) < 4.78 is 0. The zero-order valence-electron chi connectivity index (χ0n) is 6.24. The Morgan fingerprint density at radius 2 is 2.08 bits per heavy atom. The van der Waals surface area contributed by atoms with Crippen molar-refractivity contribution in [1.82, 2.24) is 0 Å². The first-order valence-electron chi connectivity index (χ1n) is 3.30. The normalized spacial score (nSPS) is 9.00. The van der Waals surface area contributed by atoms with Gasteiger partial charge in [-0.3, -0.25) is 10.2 Å². The van der Waals surface area contributed by atoms with Gasteiger partial charge in [0.25, 0.3) is 0 Å². The summed E-state index contributed by atoms with van der Waals surface area (Å²) >= 11 is 0. The van der Waals surface area contributed by atoms with Crippen molar-refractivity contribution in [2.45, 2.75) is 0 Å². The van der Waals surface area contributed by atoms with Crippen LogP contribution in [-0.2, 0) is 0 Å². The summed E-state index contributed by atoms with van der Waals surface area (Å²) in [5.74, 6) is -0.197. The van der Waals surface area contributed by atoms with Crippen LogP contribution in [-0.4, -0.2) is 12.1 Å². The molecule has 0 amide bonds. The summed E-state index contributed by atoms with van der Waals surface area (Å²) in [5.41, 5.74) is 7.38. The molecule has 0 fully saturated rings. The van der Waals surface area contributed by atoms with Crippen LogP contribution in [0.15, 0.2) is 29.4 Å². The van der Waals surface area contributed by atoms with Gasteiger partial charge >= 0.3 is 0 Å². The summed E-state index contributed by atoms with van der Waals surface area (Å²) in [6, 6.07) is 6.57. The van der Waals surface area contributed by atoms with Crippen molar-refractivity contribution >= 4 is 12.1 Å². The number of carbonyl (C=O) groups is 1. The van der Waals surface area contributed by atoms with Gasteiger partial charge in [-0.15, -0.1) is 5.11 Å². The molecule has 0 heterocycles. The first kappa shape index (κ1) is 8.26. The van der Waals surface area contributed by atoms with E-state index in [0.29, 0.717) is 17.4 Å². The van der Waals surface area contributed by atoms with Crippen LogP contribution in [0.2, 0.25) is 0 Å². The highest BCUT2D eigenvalue weighted by atomic mass is 16.1. The molecule has 1 aromatic carbocycles. The average Bonchev–Trinajstić information content (AvgIpc) is 2.16. The van der Waals surface area contributed by atoms with Gasteiger partial charge in [0.1, 0.15) is 0 Å². The van der Waals surface area contributed by atoms with Gasteiger partial charge in [-0.2, -0.15) is 0 Å². The van der Waals surface area contributed by atoms with Crippen molar-refractivity contribution in [2.24, 2.45) is 5.11 Å². The molecule has 0 radical (unpaired) electrons. The van der Waals surface area contributed by atoms with Gasteiger partial charge in [0, 0.05) is 11.1 Å². The van der Waals surface area contributed by atoms with Crippen LogP contribution in [0.5, 0.6) is 0 Å². The summed E-state index contributed by atoms with van der Waals surface area (Å²) in [5, 5.41) is 10.2. The van der Waals surface area contributed by atoms with Crippen LogP contribution in [0, 0.1) is 10.9 Å². The Morgan fingerprint density at radius 1 is 1.42 bits per heavy atom. The molecule has 0 aliphatic carbocycles. The number of aldehydes is 1. The smallest absolute Gasteiger partial charge is 0.174 e. The molecule has 0 atom stereocenters. The van der Waals surface area contributed by atoms with Crippen molar-refractivity contribution in [3.63, 3.8) is 0 Å². The lowest BCUT2D eigenvalue weighted by atomic mass is 10.1. The summed E-state index contributed by atoms with van der Waals surface area (Å²) in [6.45, 7) is 0. The summed E-state index contributed by atoms with van der Waals surface area (Å²) in [6.07, 6.45) is 0.648. The second-order valence-electron chi connectivity index (χ2n) is 2.17.